The Bertz CT molecular complexity index is 712. The lowest BCUT2D eigenvalue weighted by atomic mass is 10.2. The average Bonchev–Trinajstić information content (AvgIpc) is 3.02. The van der Waals surface area contributed by atoms with Crippen molar-refractivity contribution in [2.24, 2.45) is 0 Å². The largest absolute Gasteiger partial charge is 0.377 e. The second kappa shape index (κ2) is 7.65. The molecule has 0 N–H and O–H groups in total. The van der Waals surface area contributed by atoms with Crippen molar-refractivity contribution in [3.05, 3.63) is 39.6 Å². The van der Waals surface area contributed by atoms with Crippen molar-refractivity contribution < 1.29 is 9.53 Å². The zero-order valence-electron chi connectivity index (χ0n) is 13.0. The van der Waals surface area contributed by atoms with E-state index < -0.39 is 0 Å². The molecule has 2 heterocycles. The SMILES string of the molecule is COCc1nsc(N2CCN(C(=O)c3cc(Cl)cc(Cl)c3)CC2)n1. The molecule has 24 heavy (non-hydrogen) atoms. The normalized spacial score (nSPS) is 15.0. The summed E-state index contributed by atoms with van der Waals surface area (Å²) in [5.74, 6) is 0.626. The molecule has 128 valence electrons. The van der Waals surface area contributed by atoms with E-state index in [4.69, 9.17) is 27.9 Å². The maximum atomic E-state index is 12.6. The first-order valence-corrected chi connectivity index (χ1v) is 8.91. The number of halogens is 2. The van der Waals surface area contributed by atoms with Gasteiger partial charge in [0.15, 0.2) is 5.82 Å². The summed E-state index contributed by atoms with van der Waals surface area (Å²) in [6.45, 7) is 3.05. The molecule has 0 aliphatic carbocycles. The van der Waals surface area contributed by atoms with Crippen molar-refractivity contribution in [2.75, 3.05) is 38.2 Å². The molecule has 1 aromatic heterocycles. The number of methoxy groups -OCH3 is 1. The molecule has 2 aromatic rings. The molecule has 3 rings (SSSR count). The van der Waals surface area contributed by atoms with Gasteiger partial charge in [-0.2, -0.15) is 4.37 Å². The van der Waals surface area contributed by atoms with E-state index in [1.54, 1.807) is 30.2 Å². The fraction of sp³-hybridized carbons (Fsp3) is 0.400. The second-order valence-corrected chi connectivity index (χ2v) is 6.97. The summed E-state index contributed by atoms with van der Waals surface area (Å²) in [6.07, 6.45) is 0. The summed E-state index contributed by atoms with van der Waals surface area (Å²) in [5.41, 5.74) is 0.513. The number of anilines is 1. The highest BCUT2D eigenvalue weighted by Gasteiger charge is 2.24. The standard InChI is InChI=1S/C15H16Cl2N4O2S/c1-23-9-13-18-15(24-19-13)21-4-2-20(3-5-21)14(22)10-6-11(16)8-12(17)7-10/h6-8H,2-5,9H2,1H3. The van der Waals surface area contributed by atoms with Gasteiger partial charge in [0.1, 0.15) is 6.61 Å². The number of amides is 1. The topological polar surface area (TPSA) is 58.6 Å². The predicted molar refractivity (Wildman–Crippen MR) is 95.2 cm³/mol. The van der Waals surface area contributed by atoms with Gasteiger partial charge in [0.05, 0.1) is 0 Å². The van der Waals surface area contributed by atoms with Crippen molar-refractivity contribution in [3.8, 4) is 0 Å². The van der Waals surface area contributed by atoms with E-state index in [1.165, 1.54) is 11.5 Å². The van der Waals surface area contributed by atoms with Gasteiger partial charge >= 0.3 is 0 Å². The monoisotopic (exact) mass is 386 g/mol. The summed E-state index contributed by atoms with van der Waals surface area (Å²) < 4.78 is 9.29. The lowest BCUT2D eigenvalue weighted by Crippen LogP contribution is -2.48. The minimum Gasteiger partial charge on any atom is -0.377 e. The van der Waals surface area contributed by atoms with Crippen molar-refractivity contribution in [1.82, 2.24) is 14.3 Å². The highest BCUT2D eigenvalue weighted by Crippen LogP contribution is 2.22. The number of ether oxygens (including phenoxy) is 1. The molecule has 6 nitrogen and oxygen atoms in total. The van der Waals surface area contributed by atoms with E-state index in [0.29, 0.717) is 54.2 Å². The Morgan fingerprint density at radius 2 is 1.88 bits per heavy atom. The van der Waals surface area contributed by atoms with Crippen LogP contribution in [0.25, 0.3) is 0 Å². The van der Waals surface area contributed by atoms with E-state index in [2.05, 4.69) is 14.3 Å². The van der Waals surface area contributed by atoms with E-state index in [-0.39, 0.29) is 5.91 Å². The maximum Gasteiger partial charge on any atom is 0.254 e. The third kappa shape index (κ3) is 3.97. The molecule has 9 heteroatoms. The van der Waals surface area contributed by atoms with Gasteiger partial charge in [0.2, 0.25) is 5.13 Å². The fourth-order valence-corrected chi connectivity index (χ4v) is 3.77. The molecule has 0 spiro atoms. The summed E-state index contributed by atoms with van der Waals surface area (Å²) in [6, 6.07) is 4.90. The van der Waals surface area contributed by atoms with Gasteiger partial charge < -0.3 is 14.5 Å². The Morgan fingerprint density at radius 3 is 2.50 bits per heavy atom. The van der Waals surface area contributed by atoms with Crippen LogP contribution in [0.15, 0.2) is 18.2 Å². The van der Waals surface area contributed by atoms with Gasteiger partial charge in [-0.05, 0) is 18.2 Å². The zero-order valence-corrected chi connectivity index (χ0v) is 15.4. The van der Waals surface area contributed by atoms with E-state index in [9.17, 15) is 4.79 Å². The number of benzene rings is 1. The minimum absolute atomic E-state index is 0.0589. The third-order valence-electron chi connectivity index (χ3n) is 3.68. The number of aromatic nitrogens is 2. The Morgan fingerprint density at radius 1 is 1.21 bits per heavy atom. The quantitative estimate of drug-likeness (QED) is 0.808. The van der Waals surface area contributed by atoms with Crippen molar-refractivity contribution >= 4 is 45.8 Å². The number of piperazine rings is 1. The Kier molecular flexibility index (Phi) is 5.55. The van der Waals surface area contributed by atoms with Gasteiger partial charge in [0.25, 0.3) is 5.91 Å². The van der Waals surface area contributed by atoms with E-state index in [0.717, 1.165) is 5.13 Å². The van der Waals surface area contributed by atoms with Crippen molar-refractivity contribution in [3.63, 3.8) is 0 Å². The van der Waals surface area contributed by atoms with Gasteiger partial charge in [-0.25, -0.2) is 4.98 Å². The fourth-order valence-electron chi connectivity index (χ4n) is 2.52. The van der Waals surface area contributed by atoms with Crippen LogP contribution in [0.5, 0.6) is 0 Å². The van der Waals surface area contributed by atoms with Crippen LogP contribution < -0.4 is 4.90 Å². The van der Waals surface area contributed by atoms with Crippen LogP contribution in [0.1, 0.15) is 16.2 Å². The lowest BCUT2D eigenvalue weighted by molar-refractivity contribution is 0.0746. The third-order valence-corrected chi connectivity index (χ3v) is 4.93. The lowest BCUT2D eigenvalue weighted by Gasteiger charge is -2.34. The molecule has 0 atom stereocenters. The molecule has 0 unspecified atom stereocenters. The molecule has 1 aliphatic rings. The molecular weight excluding hydrogens is 371 g/mol. The number of carbonyl (C=O) groups excluding carboxylic acids is 1. The Labute approximate surface area is 154 Å². The number of hydrogen-bond acceptors (Lipinski definition) is 6. The van der Waals surface area contributed by atoms with Gasteiger partial charge in [-0.15, -0.1) is 0 Å². The van der Waals surface area contributed by atoms with Crippen LogP contribution in [0.2, 0.25) is 10.0 Å². The molecule has 1 aromatic carbocycles. The molecular formula is C15H16Cl2N4O2S. The molecule has 0 radical (unpaired) electrons. The van der Waals surface area contributed by atoms with Gasteiger partial charge in [0, 0.05) is 60.4 Å². The number of hydrogen-bond donors (Lipinski definition) is 0. The number of carbonyl (C=O) groups is 1. The van der Waals surface area contributed by atoms with Crippen molar-refractivity contribution in [1.29, 1.82) is 0 Å². The summed E-state index contributed by atoms with van der Waals surface area (Å²) in [7, 11) is 1.62. The highest BCUT2D eigenvalue weighted by molar-refractivity contribution is 7.09. The van der Waals surface area contributed by atoms with Crippen LogP contribution in [-0.4, -0.2) is 53.5 Å². The minimum atomic E-state index is -0.0589. The van der Waals surface area contributed by atoms with Crippen LogP contribution in [0.4, 0.5) is 5.13 Å². The molecule has 1 fully saturated rings. The first kappa shape index (κ1) is 17.4. The first-order chi connectivity index (χ1) is 11.6. The van der Waals surface area contributed by atoms with Crippen LogP contribution in [0, 0.1) is 0 Å². The average molecular weight is 387 g/mol. The van der Waals surface area contributed by atoms with Crippen LogP contribution in [-0.2, 0) is 11.3 Å². The van der Waals surface area contributed by atoms with Crippen molar-refractivity contribution in [2.45, 2.75) is 6.61 Å². The Hall–Kier alpha value is -1.41. The van der Waals surface area contributed by atoms with Gasteiger partial charge in [-0.3, -0.25) is 4.79 Å². The summed E-state index contributed by atoms with van der Waals surface area (Å²) in [5, 5.41) is 1.79. The molecule has 1 aliphatic heterocycles. The van der Waals surface area contributed by atoms with Crippen LogP contribution in [0.3, 0.4) is 0 Å². The molecule has 0 saturated carbocycles. The van der Waals surface area contributed by atoms with Crippen LogP contribution >= 0.6 is 34.7 Å². The smallest absolute Gasteiger partial charge is 0.254 e. The predicted octanol–water partition coefficient (Wildman–Crippen LogP) is 2.95. The second-order valence-electron chi connectivity index (χ2n) is 5.36. The summed E-state index contributed by atoms with van der Waals surface area (Å²) in [4.78, 5) is 21.0. The maximum absolute atomic E-state index is 12.6. The van der Waals surface area contributed by atoms with Gasteiger partial charge in [-0.1, -0.05) is 23.2 Å². The molecule has 1 saturated heterocycles. The number of rotatable bonds is 4. The van der Waals surface area contributed by atoms with E-state index in [1.807, 2.05) is 0 Å². The van der Waals surface area contributed by atoms with E-state index >= 15 is 0 Å². The summed E-state index contributed by atoms with van der Waals surface area (Å²) >= 11 is 13.3. The first-order valence-electron chi connectivity index (χ1n) is 7.38. The Balaban J connectivity index is 1.62. The highest BCUT2D eigenvalue weighted by atomic mass is 35.5. The number of nitrogens with zero attached hydrogens (tertiary/aromatic N) is 4. The zero-order chi connectivity index (χ0) is 17.1. The molecule has 1 amide bonds. The molecule has 0 bridgehead atoms.